The Morgan fingerprint density at radius 1 is 1.08 bits per heavy atom. The van der Waals surface area contributed by atoms with Gasteiger partial charge in [-0.25, -0.2) is 4.98 Å². The van der Waals surface area contributed by atoms with Crippen molar-refractivity contribution in [3.8, 4) is 11.3 Å². The second kappa shape index (κ2) is 7.23. The van der Waals surface area contributed by atoms with Gasteiger partial charge < -0.3 is 14.6 Å². The summed E-state index contributed by atoms with van der Waals surface area (Å²) in [5.41, 5.74) is 2.31. The number of carbonyl (C=O) groups excluding carboxylic acids is 1. The van der Waals surface area contributed by atoms with Crippen molar-refractivity contribution in [2.24, 2.45) is 5.16 Å². The molecule has 0 saturated carbocycles. The van der Waals surface area contributed by atoms with Crippen LogP contribution < -0.4 is 5.32 Å². The van der Waals surface area contributed by atoms with Gasteiger partial charge in [0.1, 0.15) is 5.71 Å². The Hall–Kier alpha value is -3.41. The quantitative estimate of drug-likeness (QED) is 0.767. The molecule has 6 heteroatoms. The van der Waals surface area contributed by atoms with Crippen LogP contribution in [0.4, 0.5) is 0 Å². The highest BCUT2D eigenvalue weighted by molar-refractivity contribution is 6.39. The number of carbonyl (C=O) groups is 1. The van der Waals surface area contributed by atoms with Gasteiger partial charge in [-0.15, -0.1) is 0 Å². The molecule has 1 atom stereocenters. The first kappa shape index (κ1) is 16.1. The minimum absolute atomic E-state index is 0.195. The molecular weight excluding hydrogens is 330 g/mol. The van der Waals surface area contributed by atoms with E-state index >= 15 is 0 Å². The number of nitrogens with zero attached hydrogens (tertiary/aromatic N) is 2. The molecule has 26 heavy (non-hydrogen) atoms. The lowest BCUT2D eigenvalue weighted by Crippen LogP contribution is -2.30. The van der Waals surface area contributed by atoms with Gasteiger partial charge in [0.15, 0.2) is 11.9 Å². The first-order valence-electron chi connectivity index (χ1n) is 8.35. The summed E-state index contributed by atoms with van der Waals surface area (Å²) in [6.45, 7) is 0.195. The largest absolute Gasteiger partial charge is 0.439 e. The highest BCUT2D eigenvalue weighted by Crippen LogP contribution is 2.27. The minimum Gasteiger partial charge on any atom is -0.439 e. The van der Waals surface area contributed by atoms with E-state index in [1.807, 2.05) is 60.7 Å². The van der Waals surface area contributed by atoms with E-state index in [1.54, 1.807) is 6.20 Å². The maximum Gasteiger partial charge on any atom is 0.269 e. The third-order valence-corrected chi connectivity index (χ3v) is 4.11. The Labute approximate surface area is 150 Å². The maximum atomic E-state index is 12.3. The molecule has 0 fully saturated rings. The molecule has 6 nitrogen and oxygen atoms in total. The van der Waals surface area contributed by atoms with E-state index in [4.69, 9.17) is 9.25 Å². The average Bonchev–Trinajstić information content (AvgIpc) is 3.37. The number of rotatable bonds is 5. The molecule has 2 heterocycles. The van der Waals surface area contributed by atoms with Crippen molar-refractivity contribution in [2.45, 2.75) is 19.1 Å². The zero-order chi connectivity index (χ0) is 17.8. The molecule has 2 aromatic carbocycles. The van der Waals surface area contributed by atoms with Gasteiger partial charge in [0.25, 0.3) is 5.91 Å². The van der Waals surface area contributed by atoms with E-state index in [0.29, 0.717) is 23.8 Å². The van der Waals surface area contributed by atoms with Crippen molar-refractivity contribution in [1.29, 1.82) is 0 Å². The van der Waals surface area contributed by atoms with Crippen LogP contribution in [0.25, 0.3) is 11.3 Å². The Balaban J connectivity index is 1.33. The molecule has 4 rings (SSSR count). The van der Waals surface area contributed by atoms with Crippen LogP contribution in [0.1, 0.15) is 24.0 Å². The van der Waals surface area contributed by atoms with E-state index in [2.05, 4.69) is 15.5 Å². The highest BCUT2D eigenvalue weighted by Gasteiger charge is 2.27. The molecule has 1 N–H and O–H groups in total. The third-order valence-electron chi connectivity index (χ3n) is 4.11. The summed E-state index contributed by atoms with van der Waals surface area (Å²) >= 11 is 0. The zero-order valence-electron chi connectivity index (χ0n) is 14.0. The zero-order valence-corrected chi connectivity index (χ0v) is 14.0. The van der Waals surface area contributed by atoms with Crippen LogP contribution in [0.5, 0.6) is 0 Å². The molecule has 0 bridgehead atoms. The summed E-state index contributed by atoms with van der Waals surface area (Å²) in [6, 6.07) is 19.4. The van der Waals surface area contributed by atoms with E-state index in [9.17, 15) is 4.79 Å². The van der Waals surface area contributed by atoms with Crippen molar-refractivity contribution >= 4 is 11.6 Å². The van der Waals surface area contributed by atoms with Gasteiger partial charge in [-0.1, -0.05) is 65.8 Å². The molecule has 0 spiro atoms. The highest BCUT2D eigenvalue weighted by atomic mass is 16.6. The summed E-state index contributed by atoms with van der Waals surface area (Å²) in [5.74, 6) is 0.833. The van der Waals surface area contributed by atoms with Gasteiger partial charge in [0.05, 0.1) is 12.7 Å². The van der Waals surface area contributed by atoms with Crippen LogP contribution in [0.2, 0.25) is 0 Å². The number of benzene rings is 2. The van der Waals surface area contributed by atoms with Gasteiger partial charge in [0.2, 0.25) is 5.89 Å². The molecule has 3 aromatic rings. The molecule has 1 aliphatic heterocycles. The van der Waals surface area contributed by atoms with Gasteiger partial charge in [-0.2, -0.15) is 0 Å². The van der Waals surface area contributed by atoms with Gasteiger partial charge in [-0.3, -0.25) is 4.79 Å². The molecule has 0 unspecified atom stereocenters. The number of oxime groups is 1. The van der Waals surface area contributed by atoms with Gasteiger partial charge in [0, 0.05) is 12.0 Å². The second-order valence-corrected chi connectivity index (χ2v) is 5.91. The van der Waals surface area contributed by atoms with E-state index in [1.165, 1.54) is 0 Å². The summed E-state index contributed by atoms with van der Waals surface area (Å²) in [4.78, 5) is 21.9. The van der Waals surface area contributed by atoms with Crippen molar-refractivity contribution in [3.05, 3.63) is 78.3 Å². The Morgan fingerprint density at radius 3 is 2.58 bits per heavy atom. The number of oxazole rings is 1. The van der Waals surface area contributed by atoms with E-state index in [-0.39, 0.29) is 18.6 Å². The number of aromatic nitrogens is 1. The summed E-state index contributed by atoms with van der Waals surface area (Å²) in [7, 11) is 0. The second-order valence-electron chi connectivity index (χ2n) is 5.91. The molecular formula is C20H17N3O3. The smallest absolute Gasteiger partial charge is 0.269 e. The summed E-state index contributed by atoms with van der Waals surface area (Å²) < 4.78 is 5.68. The molecule has 0 radical (unpaired) electrons. The van der Waals surface area contributed by atoms with Crippen LogP contribution in [-0.4, -0.2) is 16.6 Å². The maximum absolute atomic E-state index is 12.3. The first-order chi connectivity index (χ1) is 12.8. The van der Waals surface area contributed by atoms with Crippen LogP contribution in [0.3, 0.4) is 0 Å². The van der Waals surface area contributed by atoms with Gasteiger partial charge in [-0.05, 0) is 5.56 Å². The van der Waals surface area contributed by atoms with Crippen LogP contribution in [0.15, 0.2) is 76.4 Å². The minimum atomic E-state index is -0.275. The lowest BCUT2D eigenvalue weighted by molar-refractivity contribution is -0.115. The SMILES string of the molecule is O=C(NCc1ncc(-c2ccccc2)o1)C1=NO[C@H](c2ccccc2)C1. The number of nitrogens with one attached hydrogen (secondary N) is 1. The van der Waals surface area contributed by atoms with Crippen molar-refractivity contribution < 1.29 is 14.0 Å². The first-order valence-corrected chi connectivity index (χ1v) is 8.35. The lowest BCUT2D eigenvalue weighted by atomic mass is 10.0. The topological polar surface area (TPSA) is 76.7 Å². The molecule has 0 saturated heterocycles. The molecule has 130 valence electrons. The van der Waals surface area contributed by atoms with E-state index < -0.39 is 0 Å². The fourth-order valence-corrected chi connectivity index (χ4v) is 2.74. The summed E-state index contributed by atoms with van der Waals surface area (Å²) in [5, 5.41) is 6.68. The fraction of sp³-hybridized carbons (Fsp3) is 0.150. The Morgan fingerprint density at radius 2 is 1.81 bits per heavy atom. The average molecular weight is 347 g/mol. The number of hydrogen-bond donors (Lipinski definition) is 1. The van der Waals surface area contributed by atoms with Crippen LogP contribution in [0, 0.1) is 0 Å². The number of amides is 1. The van der Waals surface area contributed by atoms with Crippen LogP contribution >= 0.6 is 0 Å². The van der Waals surface area contributed by atoms with Crippen molar-refractivity contribution in [1.82, 2.24) is 10.3 Å². The molecule has 1 aliphatic rings. The summed E-state index contributed by atoms with van der Waals surface area (Å²) in [6.07, 6.45) is 1.87. The van der Waals surface area contributed by atoms with Crippen molar-refractivity contribution in [3.63, 3.8) is 0 Å². The molecule has 1 amide bonds. The standard InChI is InChI=1S/C20H17N3O3/c24-20(16-11-17(26-23-16)14-7-3-1-4-8-14)22-13-19-21-12-18(25-19)15-9-5-2-6-10-15/h1-10,12,17H,11,13H2,(H,22,24)/t17-/m0/s1. The Bertz CT molecular complexity index is 920. The molecule has 1 aromatic heterocycles. The fourth-order valence-electron chi connectivity index (χ4n) is 2.74. The van der Waals surface area contributed by atoms with Crippen molar-refractivity contribution in [2.75, 3.05) is 0 Å². The predicted octanol–water partition coefficient (Wildman–Crippen LogP) is 3.48. The predicted molar refractivity (Wildman–Crippen MR) is 96.1 cm³/mol. The van der Waals surface area contributed by atoms with E-state index in [0.717, 1.165) is 11.1 Å². The third kappa shape index (κ3) is 3.49. The normalized spacial score (nSPS) is 16.0. The van der Waals surface area contributed by atoms with Crippen LogP contribution in [-0.2, 0) is 16.2 Å². The number of hydrogen-bond acceptors (Lipinski definition) is 5. The monoisotopic (exact) mass is 347 g/mol. The molecule has 0 aliphatic carbocycles. The lowest BCUT2D eigenvalue weighted by Gasteiger charge is -2.07. The Kier molecular flexibility index (Phi) is 4.47. The van der Waals surface area contributed by atoms with Gasteiger partial charge >= 0.3 is 0 Å².